The maximum absolute atomic E-state index is 14.1. The number of amides is 3. The van der Waals surface area contributed by atoms with E-state index < -0.39 is 17.3 Å². The van der Waals surface area contributed by atoms with Crippen molar-refractivity contribution in [3.05, 3.63) is 29.6 Å². The molecule has 2 aliphatic rings. The lowest BCUT2D eigenvalue weighted by Gasteiger charge is -2.29. The van der Waals surface area contributed by atoms with Gasteiger partial charge in [-0.3, -0.25) is 9.69 Å². The molecule has 24 heavy (non-hydrogen) atoms. The predicted molar refractivity (Wildman–Crippen MR) is 92.0 cm³/mol. The molecule has 6 nitrogen and oxygen atoms in total. The number of nitrogens with one attached hydrogen (secondary N) is 2. The van der Waals surface area contributed by atoms with Crippen molar-refractivity contribution >= 4 is 30.0 Å². The van der Waals surface area contributed by atoms with Gasteiger partial charge in [0.25, 0.3) is 5.91 Å². The number of rotatable bonds is 5. The van der Waals surface area contributed by atoms with Crippen molar-refractivity contribution in [1.29, 1.82) is 0 Å². The molecule has 0 radical (unpaired) electrons. The second-order valence-corrected chi connectivity index (χ2v) is 6.40. The van der Waals surface area contributed by atoms with Gasteiger partial charge in [0.15, 0.2) is 0 Å². The lowest BCUT2D eigenvalue weighted by atomic mass is 9.95. The first kappa shape index (κ1) is 18.5. The summed E-state index contributed by atoms with van der Waals surface area (Å²) in [7, 11) is 0. The Morgan fingerprint density at radius 2 is 2.21 bits per heavy atom. The van der Waals surface area contributed by atoms with Crippen LogP contribution in [0.1, 0.15) is 30.1 Å². The highest BCUT2D eigenvalue weighted by molar-refractivity contribution is 5.99. The van der Waals surface area contributed by atoms with Gasteiger partial charge in [0.05, 0.1) is 11.1 Å². The summed E-state index contributed by atoms with van der Waals surface area (Å²) in [5.41, 5.74) is 5.71. The van der Waals surface area contributed by atoms with Crippen LogP contribution in [0.25, 0.3) is 0 Å². The van der Waals surface area contributed by atoms with Gasteiger partial charge in [-0.05, 0) is 43.9 Å². The summed E-state index contributed by atoms with van der Waals surface area (Å²) in [5, 5.41) is 5.55. The first-order chi connectivity index (χ1) is 10.9. The van der Waals surface area contributed by atoms with E-state index in [2.05, 4.69) is 10.6 Å². The normalized spacial score (nSPS) is 19.3. The molecule has 1 unspecified atom stereocenters. The Bertz CT molecular complexity index is 653. The van der Waals surface area contributed by atoms with Crippen LogP contribution < -0.4 is 21.3 Å². The Balaban J connectivity index is 0.00000208. The van der Waals surface area contributed by atoms with Crippen molar-refractivity contribution in [2.24, 2.45) is 11.7 Å². The van der Waals surface area contributed by atoms with Crippen LogP contribution in [0, 0.1) is 11.7 Å². The Labute approximate surface area is 146 Å². The molecule has 132 valence electrons. The molecular weight excluding hydrogens is 335 g/mol. The summed E-state index contributed by atoms with van der Waals surface area (Å²) in [4.78, 5) is 25.7. The summed E-state index contributed by atoms with van der Waals surface area (Å²) >= 11 is 0. The summed E-state index contributed by atoms with van der Waals surface area (Å²) in [6.07, 6.45) is 2.04. The topological polar surface area (TPSA) is 87.5 Å². The van der Waals surface area contributed by atoms with Crippen LogP contribution in [0.3, 0.4) is 0 Å². The number of hydrogen-bond acceptors (Lipinski definition) is 3. The molecule has 3 rings (SSSR count). The molecule has 4 N–H and O–H groups in total. The van der Waals surface area contributed by atoms with E-state index in [0.717, 1.165) is 12.8 Å². The highest BCUT2D eigenvalue weighted by atomic mass is 35.5. The number of urea groups is 1. The molecule has 0 bridgehead atoms. The fourth-order valence-corrected chi connectivity index (χ4v) is 2.94. The van der Waals surface area contributed by atoms with Gasteiger partial charge in [-0.25, -0.2) is 9.18 Å². The van der Waals surface area contributed by atoms with Crippen LogP contribution in [0.4, 0.5) is 14.9 Å². The fourth-order valence-electron chi connectivity index (χ4n) is 2.94. The van der Waals surface area contributed by atoms with Crippen LogP contribution in [0.15, 0.2) is 18.2 Å². The second-order valence-electron chi connectivity index (χ2n) is 6.40. The Hall–Kier alpha value is -1.86. The molecule has 1 atom stereocenters. The van der Waals surface area contributed by atoms with Crippen LogP contribution in [0.5, 0.6) is 0 Å². The smallest absolute Gasteiger partial charge is 0.321 e. The minimum absolute atomic E-state index is 0. The SMILES string of the molecule is CC(CN)(NC(=O)c1cc(N2CCNC2=O)ccc1F)C1CC1.Cl. The van der Waals surface area contributed by atoms with Gasteiger partial charge in [-0.2, -0.15) is 0 Å². The van der Waals surface area contributed by atoms with Crippen molar-refractivity contribution in [1.82, 2.24) is 10.6 Å². The minimum atomic E-state index is -0.610. The Morgan fingerprint density at radius 1 is 1.50 bits per heavy atom. The van der Waals surface area contributed by atoms with Crippen molar-refractivity contribution in [3.8, 4) is 0 Å². The van der Waals surface area contributed by atoms with E-state index in [9.17, 15) is 14.0 Å². The van der Waals surface area contributed by atoms with Crippen LogP contribution in [0.2, 0.25) is 0 Å². The van der Waals surface area contributed by atoms with Gasteiger partial charge in [0, 0.05) is 25.3 Å². The van der Waals surface area contributed by atoms with E-state index in [1.807, 2.05) is 6.92 Å². The molecule has 1 heterocycles. The van der Waals surface area contributed by atoms with E-state index in [4.69, 9.17) is 5.73 Å². The lowest BCUT2D eigenvalue weighted by molar-refractivity contribution is 0.0893. The van der Waals surface area contributed by atoms with Crippen molar-refractivity contribution in [3.63, 3.8) is 0 Å². The van der Waals surface area contributed by atoms with Gasteiger partial charge >= 0.3 is 6.03 Å². The summed E-state index contributed by atoms with van der Waals surface area (Å²) in [5.74, 6) is -0.767. The molecule has 1 aliphatic heterocycles. The van der Waals surface area contributed by atoms with Crippen molar-refractivity contribution in [2.75, 3.05) is 24.5 Å². The zero-order chi connectivity index (χ0) is 16.6. The average Bonchev–Trinajstić information content (AvgIpc) is 3.31. The zero-order valence-electron chi connectivity index (χ0n) is 13.5. The number of hydrogen-bond donors (Lipinski definition) is 3. The second kappa shape index (κ2) is 6.94. The molecular formula is C16H22ClFN4O2. The molecule has 0 spiro atoms. The van der Waals surface area contributed by atoms with Crippen LogP contribution in [-0.2, 0) is 0 Å². The molecule has 1 saturated heterocycles. The molecule has 2 fully saturated rings. The van der Waals surface area contributed by atoms with E-state index in [1.54, 1.807) is 0 Å². The molecule has 1 aromatic rings. The summed E-state index contributed by atoms with van der Waals surface area (Å²) < 4.78 is 14.1. The number of benzene rings is 1. The van der Waals surface area contributed by atoms with Gasteiger partial charge in [0.1, 0.15) is 5.82 Å². The molecule has 0 aromatic heterocycles. The maximum atomic E-state index is 14.1. The molecule has 1 saturated carbocycles. The number of nitrogens with two attached hydrogens (primary N) is 1. The van der Waals surface area contributed by atoms with Gasteiger partial charge in [-0.1, -0.05) is 0 Å². The van der Waals surface area contributed by atoms with E-state index in [1.165, 1.54) is 23.1 Å². The van der Waals surface area contributed by atoms with Gasteiger partial charge in [0.2, 0.25) is 0 Å². The first-order valence-electron chi connectivity index (χ1n) is 7.82. The summed E-state index contributed by atoms with van der Waals surface area (Å²) in [6.45, 7) is 3.22. The lowest BCUT2D eigenvalue weighted by Crippen LogP contribution is -2.53. The third-order valence-electron chi connectivity index (χ3n) is 4.66. The van der Waals surface area contributed by atoms with Gasteiger partial charge in [-0.15, -0.1) is 12.4 Å². The standard InChI is InChI=1S/C16H21FN4O2.ClH/c1-16(9-18,10-2-3-10)20-14(22)12-8-11(4-5-13(12)17)21-7-6-19-15(21)23;/h4-5,8,10H,2-3,6-7,9,18H2,1H3,(H,19,23)(H,20,22);1H. The molecule has 1 aliphatic carbocycles. The highest BCUT2D eigenvalue weighted by Crippen LogP contribution is 2.39. The minimum Gasteiger partial charge on any atom is -0.345 e. The van der Waals surface area contributed by atoms with Crippen LogP contribution in [-0.4, -0.2) is 37.1 Å². The van der Waals surface area contributed by atoms with E-state index in [-0.39, 0.29) is 24.0 Å². The quantitative estimate of drug-likeness (QED) is 0.749. The number of carbonyl (C=O) groups excluding carboxylic acids is 2. The van der Waals surface area contributed by atoms with Crippen LogP contribution >= 0.6 is 12.4 Å². The third-order valence-corrected chi connectivity index (χ3v) is 4.66. The molecule has 8 heteroatoms. The maximum Gasteiger partial charge on any atom is 0.321 e. The average molecular weight is 357 g/mol. The predicted octanol–water partition coefficient (Wildman–Crippen LogP) is 1.63. The number of nitrogens with zero attached hydrogens (tertiary/aromatic N) is 1. The van der Waals surface area contributed by atoms with E-state index in [0.29, 0.717) is 31.2 Å². The highest BCUT2D eigenvalue weighted by Gasteiger charge is 2.42. The fraction of sp³-hybridized carbons (Fsp3) is 0.500. The van der Waals surface area contributed by atoms with E-state index >= 15 is 0 Å². The number of carbonyl (C=O) groups is 2. The Morgan fingerprint density at radius 3 is 2.75 bits per heavy atom. The third kappa shape index (κ3) is 3.47. The monoisotopic (exact) mass is 356 g/mol. The van der Waals surface area contributed by atoms with Gasteiger partial charge < -0.3 is 16.4 Å². The largest absolute Gasteiger partial charge is 0.345 e. The first-order valence-corrected chi connectivity index (χ1v) is 7.82. The Kier molecular flexibility index (Phi) is 5.35. The van der Waals surface area contributed by atoms with Crippen molar-refractivity contribution < 1.29 is 14.0 Å². The number of halogens is 2. The zero-order valence-corrected chi connectivity index (χ0v) is 14.3. The molecule has 3 amide bonds. The van der Waals surface area contributed by atoms with Crippen molar-refractivity contribution in [2.45, 2.75) is 25.3 Å². The summed E-state index contributed by atoms with van der Waals surface area (Å²) in [6, 6.07) is 3.89. The molecule has 1 aromatic carbocycles. The number of anilines is 1.